The first-order chi connectivity index (χ1) is 8.42. The summed E-state index contributed by atoms with van der Waals surface area (Å²) >= 11 is 0. The minimum Gasteiger partial charge on any atom is -0.478 e. The molecule has 0 aliphatic carbocycles. The zero-order chi connectivity index (χ0) is 13.6. The molecule has 1 rings (SSSR count). The van der Waals surface area contributed by atoms with Gasteiger partial charge in [0.2, 0.25) is 0 Å². The van der Waals surface area contributed by atoms with E-state index in [9.17, 15) is 4.79 Å². The highest BCUT2D eigenvalue weighted by Gasteiger charge is 2.31. The first kappa shape index (κ1) is 15.2. The maximum Gasteiger partial charge on any atom is 0.328 e. The number of carboxylic acids is 1. The number of rotatable bonds is 6. The van der Waals surface area contributed by atoms with Gasteiger partial charge in [-0.25, -0.2) is 4.79 Å². The second-order valence-electron chi connectivity index (χ2n) is 5.94. The topological polar surface area (TPSA) is 52.6 Å². The summed E-state index contributed by atoms with van der Waals surface area (Å²) in [6.45, 7) is 8.54. The summed E-state index contributed by atoms with van der Waals surface area (Å²) in [6, 6.07) is 0. The summed E-state index contributed by atoms with van der Waals surface area (Å²) in [7, 11) is 2.18. The molecule has 0 saturated carbocycles. The number of nitrogens with one attached hydrogen (secondary N) is 1. The van der Waals surface area contributed by atoms with Crippen LogP contribution in [0.25, 0.3) is 0 Å². The van der Waals surface area contributed by atoms with Gasteiger partial charge in [0.05, 0.1) is 0 Å². The van der Waals surface area contributed by atoms with Gasteiger partial charge in [0.1, 0.15) is 0 Å². The van der Waals surface area contributed by atoms with Crippen molar-refractivity contribution in [3.63, 3.8) is 0 Å². The van der Waals surface area contributed by atoms with Gasteiger partial charge in [0.25, 0.3) is 0 Å². The van der Waals surface area contributed by atoms with Crippen LogP contribution in [-0.4, -0.2) is 49.2 Å². The first-order valence-electron chi connectivity index (χ1n) is 6.70. The second kappa shape index (κ2) is 6.90. The highest BCUT2D eigenvalue weighted by atomic mass is 16.4. The number of carbonyl (C=O) groups is 1. The van der Waals surface area contributed by atoms with Crippen LogP contribution in [0.1, 0.15) is 26.7 Å². The van der Waals surface area contributed by atoms with E-state index in [1.807, 2.05) is 0 Å². The lowest BCUT2D eigenvalue weighted by Crippen LogP contribution is -2.41. The van der Waals surface area contributed by atoms with E-state index < -0.39 is 5.97 Å². The molecule has 104 valence electrons. The first-order valence-corrected chi connectivity index (χ1v) is 6.70. The fourth-order valence-corrected chi connectivity index (χ4v) is 2.57. The number of hydrogen-bond acceptors (Lipinski definition) is 3. The van der Waals surface area contributed by atoms with Crippen LogP contribution >= 0.6 is 0 Å². The highest BCUT2D eigenvalue weighted by molar-refractivity contribution is 5.79. The Morgan fingerprint density at radius 1 is 1.44 bits per heavy atom. The number of aliphatic carboxylic acids is 1. The van der Waals surface area contributed by atoms with E-state index in [2.05, 4.69) is 31.1 Å². The van der Waals surface area contributed by atoms with Gasteiger partial charge in [-0.05, 0) is 44.3 Å². The number of nitrogens with zero attached hydrogens (tertiary/aromatic N) is 1. The minimum absolute atomic E-state index is 0.276. The van der Waals surface area contributed by atoms with Crippen molar-refractivity contribution in [1.82, 2.24) is 10.2 Å². The lowest BCUT2D eigenvalue weighted by Gasteiger charge is -2.39. The molecule has 0 spiro atoms. The summed E-state index contributed by atoms with van der Waals surface area (Å²) in [4.78, 5) is 12.7. The Morgan fingerprint density at radius 3 is 2.61 bits per heavy atom. The fourth-order valence-electron chi connectivity index (χ4n) is 2.57. The van der Waals surface area contributed by atoms with Gasteiger partial charge in [0.15, 0.2) is 0 Å². The summed E-state index contributed by atoms with van der Waals surface area (Å²) in [5.41, 5.74) is 0.276. The molecule has 4 nitrogen and oxygen atoms in total. The standard InChI is InChI=1S/C14H26N2O2/c1-14(2,11-15-8-4-5-13(17)18)12-6-9-16(3)10-7-12/h4-5,12,15H,6-11H2,1-3H3,(H,17,18)/b5-4+. The van der Waals surface area contributed by atoms with E-state index in [0.29, 0.717) is 6.54 Å². The molecule has 0 amide bonds. The Hall–Kier alpha value is -0.870. The molecular weight excluding hydrogens is 228 g/mol. The lowest BCUT2D eigenvalue weighted by molar-refractivity contribution is -0.131. The fraction of sp³-hybridized carbons (Fsp3) is 0.786. The van der Waals surface area contributed by atoms with Crippen LogP contribution in [0.2, 0.25) is 0 Å². The van der Waals surface area contributed by atoms with Crippen molar-refractivity contribution in [1.29, 1.82) is 0 Å². The molecule has 0 aromatic rings. The lowest BCUT2D eigenvalue weighted by atomic mass is 9.73. The molecule has 1 saturated heterocycles. The zero-order valence-electron chi connectivity index (χ0n) is 11.8. The van der Waals surface area contributed by atoms with E-state index in [4.69, 9.17) is 5.11 Å². The average Bonchev–Trinajstić information content (AvgIpc) is 2.28. The van der Waals surface area contributed by atoms with Gasteiger partial charge in [0, 0.05) is 19.2 Å². The Kier molecular flexibility index (Phi) is 5.82. The van der Waals surface area contributed by atoms with Crippen molar-refractivity contribution in [3.05, 3.63) is 12.2 Å². The maximum absolute atomic E-state index is 10.3. The molecule has 0 aromatic heterocycles. The molecular formula is C14H26N2O2. The minimum atomic E-state index is -0.883. The molecule has 1 aliphatic heterocycles. The number of carboxylic acid groups (broad SMARTS) is 1. The third kappa shape index (κ3) is 5.19. The second-order valence-corrected chi connectivity index (χ2v) is 5.94. The van der Waals surface area contributed by atoms with Crippen LogP contribution in [-0.2, 0) is 4.79 Å². The van der Waals surface area contributed by atoms with Crippen molar-refractivity contribution in [2.75, 3.05) is 33.2 Å². The summed E-state index contributed by atoms with van der Waals surface area (Å²) in [5.74, 6) is -0.129. The van der Waals surface area contributed by atoms with Crippen LogP contribution in [0.3, 0.4) is 0 Å². The molecule has 4 heteroatoms. The summed E-state index contributed by atoms with van der Waals surface area (Å²) in [5, 5.41) is 11.8. The molecule has 0 bridgehead atoms. The molecule has 0 unspecified atom stereocenters. The van der Waals surface area contributed by atoms with Gasteiger partial charge >= 0.3 is 5.97 Å². The summed E-state index contributed by atoms with van der Waals surface area (Å²) < 4.78 is 0. The summed E-state index contributed by atoms with van der Waals surface area (Å²) in [6.07, 6.45) is 5.37. The third-order valence-corrected chi connectivity index (χ3v) is 3.93. The zero-order valence-corrected chi connectivity index (χ0v) is 11.8. The van der Waals surface area contributed by atoms with E-state index >= 15 is 0 Å². The number of hydrogen-bond donors (Lipinski definition) is 2. The third-order valence-electron chi connectivity index (χ3n) is 3.93. The molecule has 1 aliphatic rings. The van der Waals surface area contributed by atoms with Crippen molar-refractivity contribution in [2.45, 2.75) is 26.7 Å². The molecule has 0 aromatic carbocycles. The van der Waals surface area contributed by atoms with Gasteiger partial charge in [-0.3, -0.25) is 0 Å². The predicted octanol–water partition coefficient (Wildman–Crippen LogP) is 1.58. The van der Waals surface area contributed by atoms with Gasteiger partial charge < -0.3 is 15.3 Å². The predicted molar refractivity (Wildman–Crippen MR) is 73.6 cm³/mol. The van der Waals surface area contributed by atoms with Crippen LogP contribution < -0.4 is 5.32 Å². The van der Waals surface area contributed by atoms with E-state index in [0.717, 1.165) is 12.5 Å². The Morgan fingerprint density at radius 2 is 2.06 bits per heavy atom. The van der Waals surface area contributed by atoms with Gasteiger partial charge in [-0.2, -0.15) is 0 Å². The normalized spacial score (nSPS) is 19.5. The highest BCUT2D eigenvalue weighted by Crippen LogP contribution is 2.33. The molecule has 1 heterocycles. The molecule has 0 atom stereocenters. The van der Waals surface area contributed by atoms with Crippen molar-refractivity contribution < 1.29 is 9.90 Å². The monoisotopic (exact) mass is 254 g/mol. The molecule has 2 N–H and O–H groups in total. The SMILES string of the molecule is CN1CCC(C(C)(C)CNC/C=C/C(=O)O)CC1. The average molecular weight is 254 g/mol. The maximum atomic E-state index is 10.3. The number of piperidine rings is 1. The van der Waals surface area contributed by atoms with Crippen molar-refractivity contribution in [2.24, 2.45) is 11.3 Å². The van der Waals surface area contributed by atoms with Crippen molar-refractivity contribution >= 4 is 5.97 Å². The van der Waals surface area contributed by atoms with E-state index in [1.165, 1.54) is 32.0 Å². The quantitative estimate of drug-likeness (QED) is 0.558. The Bertz CT molecular complexity index is 292. The van der Waals surface area contributed by atoms with Gasteiger partial charge in [-0.1, -0.05) is 19.9 Å². The van der Waals surface area contributed by atoms with E-state index in [-0.39, 0.29) is 5.41 Å². The Labute approximate surface area is 110 Å². The largest absolute Gasteiger partial charge is 0.478 e. The smallest absolute Gasteiger partial charge is 0.328 e. The van der Waals surface area contributed by atoms with Crippen LogP contribution in [0, 0.1) is 11.3 Å². The van der Waals surface area contributed by atoms with Gasteiger partial charge in [-0.15, -0.1) is 0 Å². The van der Waals surface area contributed by atoms with Crippen LogP contribution in [0.5, 0.6) is 0 Å². The van der Waals surface area contributed by atoms with Crippen LogP contribution in [0.15, 0.2) is 12.2 Å². The van der Waals surface area contributed by atoms with E-state index in [1.54, 1.807) is 6.08 Å². The molecule has 18 heavy (non-hydrogen) atoms. The van der Waals surface area contributed by atoms with Crippen molar-refractivity contribution in [3.8, 4) is 0 Å². The number of likely N-dealkylation sites (tertiary alicyclic amines) is 1. The molecule has 1 fully saturated rings. The molecule has 0 radical (unpaired) electrons. The van der Waals surface area contributed by atoms with Crippen LogP contribution in [0.4, 0.5) is 0 Å². The Balaban J connectivity index is 2.28.